The maximum Gasteiger partial charge on any atom is 0.335 e. The van der Waals surface area contributed by atoms with Gasteiger partial charge >= 0.3 is 5.97 Å². The Morgan fingerprint density at radius 3 is 2.00 bits per heavy atom. The van der Waals surface area contributed by atoms with E-state index in [1.165, 1.54) is 39.1 Å². The first-order chi connectivity index (χ1) is 13.7. The normalized spacial score (nSPS) is 11.4. The van der Waals surface area contributed by atoms with Gasteiger partial charge in [-0.05, 0) is 114 Å². The molecule has 0 heterocycles. The summed E-state index contributed by atoms with van der Waals surface area (Å²) >= 11 is 0. The van der Waals surface area contributed by atoms with Gasteiger partial charge in [0.05, 0.1) is 5.56 Å². The van der Waals surface area contributed by atoms with Crippen LogP contribution in [-0.4, -0.2) is 11.1 Å². The molecule has 3 heteroatoms. The van der Waals surface area contributed by atoms with E-state index in [1.807, 2.05) is 12.1 Å². The smallest absolute Gasteiger partial charge is 0.335 e. The molecule has 0 unspecified atom stereocenters. The van der Waals surface area contributed by atoms with Gasteiger partial charge in [0.1, 0.15) is 5.82 Å². The molecule has 0 spiro atoms. The fourth-order valence-electron chi connectivity index (χ4n) is 4.21. The summed E-state index contributed by atoms with van der Waals surface area (Å²) in [7, 11) is 0. The SMILES string of the molecule is Cc1cc2c(C)c(C)c(C)c(C)c2cc1-c1ccc2cc(C(=O)O)cc(F)c2c1. The second-order valence-corrected chi connectivity index (χ2v) is 7.91. The molecule has 4 aromatic carbocycles. The van der Waals surface area contributed by atoms with Crippen LogP contribution in [0.4, 0.5) is 4.39 Å². The summed E-state index contributed by atoms with van der Waals surface area (Å²) < 4.78 is 14.6. The van der Waals surface area contributed by atoms with Crippen molar-refractivity contribution in [3.8, 4) is 11.1 Å². The average Bonchev–Trinajstić information content (AvgIpc) is 2.70. The summed E-state index contributed by atoms with van der Waals surface area (Å²) in [5.74, 6) is -1.64. The Hall–Kier alpha value is -3.20. The number of carbonyl (C=O) groups is 1. The number of hydrogen-bond donors (Lipinski definition) is 1. The Morgan fingerprint density at radius 2 is 1.38 bits per heavy atom. The Morgan fingerprint density at radius 1 is 0.759 bits per heavy atom. The number of carboxylic acid groups (broad SMARTS) is 1. The van der Waals surface area contributed by atoms with Crippen molar-refractivity contribution in [3.63, 3.8) is 0 Å². The maximum absolute atomic E-state index is 14.6. The van der Waals surface area contributed by atoms with E-state index in [0.29, 0.717) is 10.8 Å². The van der Waals surface area contributed by atoms with E-state index in [9.17, 15) is 9.18 Å². The minimum atomic E-state index is -1.13. The number of aromatic carboxylic acids is 1. The van der Waals surface area contributed by atoms with Crippen LogP contribution in [0.3, 0.4) is 0 Å². The molecule has 2 nitrogen and oxygen atoms in total. The van der Waals surface area contributed by atoms with Gasteiger partial charge in [0.25, 0.3) is 0 Å². The number of benzene rings is 4. The molecule has 0 saturated carbocycles. The van der Waals surface area contributed by atoms with Gasteiger partial charge in [0.15, 0.2) is 0 Å². The minimum Gasteiger partial charge on any atom is -0.478 e. The van der Waals surface area contributed by atoms with Crippen LogP contribution >= 0.6 is 0 Å². The average molecular weight is 386 g/mol. The van der Waals surface area contributed by atoms with Gasteiger partial charge in [-0.15, -0.1) is 0 Å². The van der Waals surface area contributed by atoms with Gasteiger partial charge in [-0.2, -0.15) is 0 Å². The molecule has 0 aromatic heterocycles. The molecule has 29 heavy (non-hydrogen) atoms. The van der Waals surface area contributed by atoms with E-state index in [1.54, 1.807) is 6.07 Å². The third kappa shape index (κ3) is 2.98. The largest absolute Gasteiger partial charge is 0.478 e. The molecular weight excluding hydrogens is 363 g/mol. The molecule has 0 radical (unpaired) electrons. The first-order valence-electron chi connectivity index (χ1n) is 9.66. The summed E-state index contributed by atoms with van der Waals surface area (Å²) in [5.41, 5.74) is 8.26. The van der Waals surface area contributed by atoms with E-state index in [-0.39, 0.29) is 5.56 Å². The Labute approximate surface area is 169 Å². The highest BCUT2D eigenvalue weighted by Crippen LogP contribution is 2.36. The van der Waals surface area contributed by atoms with E-state index < -0.39 is 11.8 Å². The lowest BCUT2D eigenvalue weighted by Crippen LogP contribution is -1.98. The molecule has 4 aromatic rings. The van der Waals surface area contributed by atoms with Crippen molar-refractivity contribution in [2.45, 2.75) is 34.6 Å². The third-order valence-corrected chi connectivity index (χ3v) is 6.32. The molecule has 1 N–H and O–H groups in total. The van der Waals surface area contributed by atoms with Crippen molar-refractivity contribution in [1.29, 1.82) is 0 Å². The Bertz CT molecular complexity index is 1330. The Kier molecular flexibility index (Phi) is 4.42. The second-order valence-electron chi connectivity index (χ2n) is 7.91. The molecule has 0 atom stereocenters. The van der Waals surface area contributed by atoms with Crippen LogP contribution in [0.5, 0.6) is 0 Å². The maximum atomic E-state index is 14.6. The topological polar surface area (TPSA) is 37.3 Å². The van der Waals surface area contributed by atoms with Crippen LogP contribution in [0, 0.1) is 40.4 Å². The fourth-order valence-corrected chi connectivity index (χ4v) is 4.21. The summed E-state index contributed by atoms with van der Waals surface area (Å²) in [6.07, 6.45) is 0. The minimum absolute atomic E-state index is 0.0402. The first-order valence-corrected chi connectivity index (χ1v) is 9.66. The molecule has 0 aliphatic heterocycles. The number of carboxylic acids is 1. The second kappa shape index (κ2) is 6.70. The third-order valence-electron chi connectivity index (χ3n) is 6.32. The first kappa shape index (κ1) is 19.1. The van der Waals surface area contributed by atoms with Crippen molar-refractivity contribution in [2.75, 3.05) is 0 Å². The van der Waals surface area contributed by atoms with Crippen molar-refractivity contribution < 1.29 is 14.3 Å². The monoisotopic (exact) mass is 386 g/mol. The number of halogens is 1. The quantitative estimate of drug-likeness (QED) is 0.401. The lowest BCUT2D eigenvalue weighted by molar-refractivity contribution is 0.0696. The van der Waals surface area contributed by atoms with E-state index in [2.05, 4.69) is 46.8 Å². The van der Waals surface area contributed by atoms with Crippen molar-refractivity contribution >= 4 is 27.5 Å². The van der Waals surface area contributed by atoms with Gasteiger partial charge < -0.3 is 5.11 Å². The van der Waals surface area contributed by atoms with E-state index in [4.69, 9.17) is 5.11 Å². The Balaban J connectivity index is 1.98. The molecule has 146 valence electrons. The highest BCUT2D eigenvalue weighted by molar-refractivity contribution is 5.98. The standard InChI is InChI=1S/C26H23FO2/c1-13-8-22-16(4)14(2)15(3)17(5)23(22)12-21(13)19-7-6-18-9-20(26(28)29)11-25(27)24(18)10-19/h6-12H,1-5H3,(H,28,29). The number of aryl methyl sites for hydroxylation is 3. The predicted octanol–water partition coefficient (Wildman–Crippen LogP) is 7.04. The van der Waals surface area contributed by atoms with Crippen molar-refractivity contribution in [2.24, 2.45) is 0 Å². The lowest BCUT2D eigenvalue weighted by atomic mass is 9.87. The van der Waals surface area contributed by atoms with Crippen LogP contribution in [0.25, 0.3) is 32.7 Å². The molecular formula is C26H23FO2. The van der Waals surface area contributed by atoms with Crippen LogP contribution in [0.2, 0.25) is 0 Å². The highest BCUT2D eigenvalue weighted by Gasteiger charge is 2.14. The number of hydrogen-bond acceptors (Lipinski definition) is 1. The van der Waals surface area contributed by atoms with Crippen molar-refractivity contribution in [1.82, 2.24) is 0 Å². The van der Waals surface area contributed by atoms with Gasteiger partial charge in [-0.1, -0.05) is 18.2 Å². The molecule has 0 bridgehead atoms. The molecule has 0 aliphatic carbocycles. The fraction of sp³-hybridized carbons (Fsp3) is 0.192. The van der Waals surface area contributed by atoms with Crippen LogP contribution in [0.1, 0.15) is 38.2 Å². The zero-order valence-corrected chi connectivity index (χ0v) is 17.3. The van der Waals surface area contributed by atoms with Gasteiger partial charge in [0.2, 0.25) is 0 Å². The van der Waals surface area contributed by atoms with Crippen LogP contribution in [0.15, 0.2) is 42.5 Å². The predicted molar refractivity (Wildman–Crippen MR) is 117 cm³/mol. The molecule has 4 rings (SSSR count). The van der Waals surface area contributed by atoms with E-state index >= 15 is 0 Å². The lowest BCUT2D eigenvalue weighted by Gasteiger charge is -2.17. The molecule has 0 saturated heterocycles. The van der Waals surface area contributed by atoms with Crippen molar-refractivity contribution in [3.05, 3.63) is 81.7 Å². The van der Waals surface area contributed by atoms with Gasteiger partial charge in [-0.25, -0.2) is 9.18 Å². The number of rotatable bonds is 2. The molecule has 0 amide bonds. The molecule has 0 aliphatic rings. The zero-order valence-electron chi connectivity index (χ0n) is 17.3. The van der Waals surface area contributed by atoms with Crippen LogP contribution in [-0.2, 0) is 0 Å². The highest BCUT2D eigenvalue weighted by atomic mass is 19.1. The summed E-state index contributed by atoms with van der Waals surface area (Å²) in [6, 6.07) is 12.6. The van der Waals surface area contributed by atoms with Gasteiger partial charge in [0, 0.05) is 5.39 Å². The zero-order chi connectivity index (χ0) is 21.0. The van der Waals surface area contributed by atoms with E-state index in [0.717, 1.165) is 22.8 Å². The number of fused-ring (bicyclic) bond motifs is 2. The van der Waals surface area contributed by atoms with Gasteiger partial charge in [-0.3, -0.25) is 0 Å². The summed E-state index contributed by atoms with van der Waals surface area (Å²) in [6.45, 7) is 10.7. The molecule has 0 fully saturated rings. The summed E-state index contributed by atoms with van der Waals surface area (Å²) in [5, 5.41) is 12.6. The summed E-state index contributed by atoms with van der Waals surface area (Å²) in [4.78, 5) is 11.2. The van der Waals surface area contributed by atoms with Crippen LogP contribution < -0.4 is 0 Å².